The molecule has 3 amide bonds. The molecule has 4 aliphatic heterocycles. The molecule has 3 fully saturated rings. The number of amides is 3. The second-order valence-electron chi connectivity index (χ2n) is 14.1. The fourth-order valence-electron chi connectivity index (χ4n) is 6.43. The summed E-state index contributed by atoms with van der Waals surface area (Å²) in [7, 11) is 1.52. The monoisotopic (exact) mass is 987 g/mol. The normalized spacial score (nSPS) is 29.6. The van der Waals surface area contributed by atoms with E-state index in [1.807, 2.05) is 0 Å². The third-order valence-corrected chi connectivity index (χ3v) is 12.9. The van der Waals surface area contributed by atoms with Gasteiger partial charge >= 0.3 is 19.7 Å². The third kappa shape index (κ3) is 13.9. The number of nitrogens with zero attached hydrogens (tertiary/aromatic N) is 6. The van der Waals surface area contributed by atoms with E-state index in [1.165, 1.54) is 35.0 Å². The van der Waals surface area contributed by atoms with Gasteiger partial charge in [-0.25, -0.2) is 28.7 Å². The molecule has 6 heterocycles. The van der Waals surface area contributed by atoms with Gasteiger partial charge in [-0.15, -0.1) is 0 Å². The Morgan fingerprint density at radius 1 is 0.938 bits per heavy atom. The summed E-state index contributed by atoms with van der Waals surface area (Å²) in [4.78, 5) is 73.8. The zero-order valence-corrected chi connectivity index (χ0v) is 37.7. The van der Waals surface area contributed by atoms with Crippen LogP contribution >= 0.6 is 25.8 Å². The van der Waals surface area contributed by atoms with Crippen LogP contribution in [-0.2, 0) is 86.7 Å². The van der Waals surface area contributed by atoms with Crippen molar-refractivity contribution >= 4 is 78.4 Å². The molecule has 2 aromatic heterocycles. The first-order valence-electron chi connectivity index (χ1n) is 19.7. The summed E-state index contributed by atoms with van der Waals surface area (Å²) in [5.74, 6) is -0.949. The van der Waals surface area contributed by atoms with E-state index in [-0.39, 0.29) is 93.9 Å². The molecule has 0 aromatic carbocycles. The number of ether oxygens (including phenoxy) is 8. The number of aromatic nitrogens is 4. The van der Waals surface area contributed by atoms with Gasteiger partial charge in [-0.05, 0) is 11.8 Å². The SMILES string of the molecule is CN(CCOC(=O)O[C@H]1CO[C@@H]2COP(=O)(S)O[C@H]3[C@@H](F)[C@H](n4cnc5c(N)ncnc54)O[C@@H]3COP(O)(=S)O[C@@H]12)C(=O)CCOCCOCCOCCOCCN1C(=O)C=CC1=O. The van der Waals surface area contributed by atoms with Crippen molar-refractivity contribution in [3.8, 4) is 0 Å². The highest BCUT2D eigenvalue weighted by molar-refractivity contribution is 8.44. The average molecular weight is 988 g/mol. The molecule has 0 bridgehead atoms. The molecule has 0 aliphatic carbocycles. The van der Waals surface area contributed by atoms with Crippen LogP contribution in [0.4, 0.5) is 15.0 Å². The van der Waals surface area contributed by atoms with Crippen molar-refractivity contribution in [3.05, 3.63) is 24.8 Å². The molecular formula is C34H48FN7O18P2S2. The molecule has 9 atom stereocenters. The number of hydrogen-bond acceptors (Lipinski definition) is 22. The summed E-state index contributed by atoms with van der Waals surface area (Å²) >= 11 is 9.25. The van der Waals surface area contributed by atoms with Crippen LogP contribution in [0.3, 0.4) is 0 Å². The number of nitrogen functional groups attached to an aromatic ring is 1. The molecule has 64 heavy (non-hydrogen) atoms. The molecular weight excluding hydrogens is 939 g/mol. The number of alkyl halides is 1. The second-order valence-corrected chi connectivity index (χ2v) is 19.7. The quantitative estimate of drug-likeness (QED) is 0.0534. The van der Waals surface area contributed by atoms with Gasteiger partial charge in [0.15, 0.2) is 30.0 Å². The van der Waals surface area contributed by atoms with Crippen LogP contribution in [0.5, 0.6) is 0 Å². The Morgan fingerprint density at radius 2 is 1.59 bits per heavy atom. The minimum Gasteiger partial charge on any atom is -0.432 e. The van der Waals surface area contributed by atoms with Gasteiger partial charge in [0, 0.05) is 19.2 Å². The Balaban J connectivity index is 0.855. The van der Waals surface area contributed by atoms with Crippen LogP contribution in [0.2, 0.25) is 0 Å². The van der Waals surface area contributed by atoms with E-state index < -0.39 is 75.8 Å². The molecule has 0 saturated carbocycles. The molecule has 0 spiro atoms. The number of carbonyl (C=O) groups is 4. The van der Waals surface area contributed by atoms with Crippen molar-refractivity contribution in [2.75, 3.05) is 105 Å². The van der Waals surface area contributed by atoms with E-state index >= 15 is 4.39 Å². The largest absolute Gasteiger partial charge is 0.508 e. The van der Waals surface area contributed by atoms with E-state index in [0.717, 1.165) is 11.2 Å². The van der Waals surface area contributed by atoms with Gasteiger partial charge in [0.1, 0.15) is 42.9 Å². The van der Waals surface area contributed by atoms with Gasteiger partial charge in [-0.3, -0.25) is 37.4 Å². The number of anilines is 1. The van der Waals surface area contributed by atoms with E-state index in [4.69, 9.17) is 73.5 Å². The minimum absolute atomic E-state index is 0.0150. The summed E-state index contributed by atoms with van der Waals surface area (Å²) in [6, 6.07) is 0. The number of nitrogens with two attached hydrogens (primary N) is 1. The summed E-state index contributed by atoms with van der Waals surface area (Å²) in [6.07, 6.45) is -6.42. The number of fused-ring (bicyclic) bond motifs is 3. The summed E-state index contributed by atoms with van der Waals surface area (Å²) in [5.41, 5.74) is 6.19. The first kappa shape index (κ1) is 50.1. The Labute approximate surface area is 375 Å². The lowest BCUT2D eigenvalue weighted by molar-refractivity contribution is -0.137. The maximum Gasteiger partial charge on any atom is 0.508 e. The number of imidazole rings is 1. The molecule has 356 valence electrons. The van der Waals surface area contributed by atoms with E-state index in [0.29, 0.717) is 26.4 Å². The lowest BCUT2D eigenvalue weighted by Crippen LogP contribution is -2.39. The van der Waals surface area contributed by atoms with Crippen molar-refractivity contribution in [2.24, 2.45) is 0 Å². The lowest BCUT2D eigenvalue weighted by Gasteiger charge is -2.30. The van der Waals surface area contributed by atoms with Gasteiger partial charge in [-0.1, -0.05) is 12.2 Å². The lowest BCUT2D eigenvalue weighted by atomic mass is 10.1. The molecule has 4 aliphatic rings. The molecule has 0 radical (unpaired) electrons. The number of hydrogen-bond donors (Lipinski definition) is 3. The standard InChI is InChI=1S/C34H48FN7O18P2S2/c1-40(24(43)4-7-49-10-12-51-14-15-52-13-11-50-8-6-41-25(44)2-3-26(41)45)5-9-53-34(46)58-22-16-54-21-17-55-62(48,64)60-30-23(18-56-61(47,63)59-29(21)22)57-33(27(30)35)42-20-39-28-31(36)37-19-38-32(28)42/h2-3,19-23,27,29-30,33H,4-18H2,1H3,(H,47,63)(H,48,64)(H2,36,37,38)/t21-,22+,23-,27-,29-,30-,33-,61?,62?/m1/s1. The first-order valence-corrected chi connectivity index (χ1v) is 25.0. The molecule has 30 heteroatoms. The molecule has 3 N–H and O–H groups in total. The van der Waals surface area contributed by atoms with Crippen molar-refractivity contribution < 1.29 is 89.0 Å². The zero-order valence-electron chi connectivity index (χ0n) is 34.2. The van der Waals surface area contributed by atoms with E-state index in [9.17, 15) is 28.6 Å². The number of rotatable bonds is 20. The van der Waals surface area contributed by atoms with Crippen molar-refractivity contribution in [3.63, 3.8) is 0 Å². The van der Waals surface area contributed by atoms with Gasteiger partial charge < -0.3 is 57.9 Å². The summed E-state index contributed by atoms with van der Waals surface area (Å²) in [5, 5.41) is 0. The maximum absolute atomic E-state index is 16.0. The third-order valence-electron chi connectivity index (χ3n) is 9.71. The molecule has 25 nitrogen and oxygen atoms in total. The van der Waals surface area contributed by atoms with Crippen LogP contribution in [0.1, 0.15) is 12.6 Å². The summed E-state index contributed by atoms with van der Waals surface area (Å²) < 4.78 is 96.6. The molecule has 2 aromatic rings. The highest BCUT2D eigenvalue weighted by atomic mass is 32.7. The van der Waals surface area contributed by atoms with Gasteiger partial charge in [0.05, 0.1) is 98.5 Å². The van der Waals surface area contributed by atoms with Crippen LogP contribution in [-0.4, -0.2) is 194 Å². The predicted octanol–water partition coefficient (Wildman–Crippen LogP) is 0.476. The average Bonchev–Trinajstić information content (AvgIpc) is 4.01. The Kier molecular flexibility index (Phi) is 18.3. The van der Waals surface area contributed by atoms with Gasteiger partial charge in [0.2, 0.25) is 5.91 Å². The minimum atomic E-state index is -4.36. The Bertz CT molecular complexity index is 2060. The Hall–Kier alpha value is -3.31. The smallest absolute Gasteiger partial charge is 0.432 e. The maximum atomic E-state index is 16.0. The van der Waals surface area contributed by atoms with Crippen LogP contribution in [0.25, 0.3) is 11.2 Å². The number of likely N-dealkylation sites (N-methyl/N-ethyl adjacent to an activating group) is 1. The van der Waals surface area contributed by atoms with Gasteiger partial charge in [0.25, 0.3) is 11.8 Å². The number of carbonyl (C=O) groups excluding carboxylic acids is 4. The van der Waals surface area contributed by atoms with E-state index in [1.54, 1.807) is 0 Å². The molecule has 2 unspecified atom stereocenters. The van der Waals surface area contributed by atoms with Crippen LogP contribution in [0, 0.1) is 0 Å². The summed E-state index contributed by atoms with van der Waals surface area (Å²) in [6.45, 7) is -8.00. The second kappa shape index (κ2) is 23.4. The fourth-order valence-corrected chi connectivity index (χ4v) is 9.37. The molecule has 6 rings (SSSR count). The van der Waals surface area contributed by atoms with Crippen LogP contribution in [0.15, 0.2) is 24.8 Å². The number of thiol groups is 1. The fraction of sp³-hybridized carbons (Fsp3) is 0.676. The van der Waals surface area contributed by atoms with E-state index in [2.05, 4.69) is 27.2 Å². The first-order chi connectivity index (χ1) is 30.6. The van der Waals surface area contributed by atoms with Crippen LogP contribution < -0.4 is 5.73 Å². The van der Waals surface area contributed by atoms with Gasteiger partial charge in [-0.2, -0.15) is 0 Å². The predicted molar refractivity (Wildman–Crippen MR) is 221 cm³/mol. The highest BCUT2D eigenvalue weighted by Crippen LogP contribution is 2.58. The van der Waals surface area contributed by atoms with Crippen molar-refractivity contribution in [1.29, 1.82) is 0 Å². The Morgan fingerprint density at radius 3 is 2.30 bits per heavy atom. The van der Waals surface area contributed by atoms with Crippen molar-refractivity contribution in [2.45, 2.75) is 49.3 Å². The topological polar surface area (TPSA) is 292 Å². The zero-order chi connectivity index (χ0) is 45.9. The van der Waals surface area contributed by atoms with Crippen molar-refractivity contribution in [1.82, 2.24) is 29.3 Å². The number of halogens is 1. The highest BCUT2D eigenvalue weighted by Gasteiger charge is 2.52. The number of imide groups is 1. The molecule has 3 saturated heterocycles.